The van der Waals surface area contributed by atoms with Crippen LogP contribution in [-0.4, -0.2) is 16.5 Å². The number of hydrogen-bond donors (Lipinski definition) is 1. The molecule has 4 rings (SSSR count). The first-order valence-electron chi connectivity index (χ1n) is 9.05. The Morgan fingerprint density at radius 1 is 1.15 bits per heavy atom. The van der Waals surface area contributed by atoms with Gasteiger partial charge in [-0.1, -0.05) is 42.0 Å². The fourth-order valence-corrected chi connectivity index (χ4v) is 3.45. The average Bonchev–Trinajstić information content (AvgIpc) is 3.18. The Bertz CT molecular complexity index is 846. The fraction of sp³-hybridized carbons (Fsp3) is 0.273. The molecule has 26 heavy (non-hydrogen) atoms. The molecule has 0 bridgehead atoms. The van der Waals surface area contributed by atoms with Gasteiger partial charge in [0.15, 0.2) is 0 Å². The highest BCUT2D eigenvalue weighted by Gasteiger charge is 2.27. The van der Waals surface area contributed by atoms with E-state index in [0.29, 0.717) is 6.04 Å². The predicted octanol–water partition coefficient (Wildman–Crippen LogP) is 4.34. The van der Waals surface area contributed by atoms with Crippen molar-refractivity contribution in [3.63, 3.8) is 0 Å². The first kappa shape index (κ1) is 16.4. The third kappa shape index (κ3) is 3.62. The lowest BCUT2D eigenvalue weighted by atomic mass is 10.1. The topological polar surface area (TPSA) is 41.0 Å². The molecule has 1 N–H and O–H groups in total. The normalized spacial score (nSPS) is 16.3. The maximum atomic E-state index is 4.52. The van der Waals surface area contributed by atoms with Crippen molar-refractivity contribution in [2.24, 2.45) is 0 Å². The van der Waals surface area contributed by atoms with E-state index in [4.69, 9.17) is 0 Å². The molecule has 1 saturated heterocycles. The number of benzene rings is 1. The van der Waals surface area contributed by atoms with Crippen molar-refractivity contribution in [2.75, 3.05) is 16.8 Å². The van der Waals surface area contributed by atoms with Gasteiger partial charge < -0.3 is 10.2 Å². The van der Waals surface area contributed by atoms with Gasteiger partial charge in [0.2, 0.25) is 0 Å². The number of nitrogens with zero attached hydrogens (tertiary/aromatic N) is 3. The van der Waals surface area contributed by atoms with Crippen molar-refractivity contribution in [1.82, 2.24) is 9.97 Å². The van der Waals surface area contributed by atoms with Crippen molar-refractivity contribution < 1.29 is 0 Å². The minimum Gasteiger partial charge on any atom is -0.366 e. The molecule has 1 aliphatic heterocycles. The number of hydrogen-bond acceptors (Lipinski definition) is 4. The van der Waals surface area contributed by atoms with E-state index >= 15 is 0 Å². The van der Waals surface area contributed by atoms with E-state index in [1.807, 2.05) is 18.2 Å². The van der Waals surface area contributed by atoms with E-state index in [1.54, 1.807) is 6.33 Å². The van der Waals surface area contributed by atoms with Gasteiger partial charge in [-0.2, -0.15) is 0 Å². The molecule has 1 aromatic heterocycles. The summed E-state index contributed by atoms with van der Waals surface area (Å²) >= 11 is 0. The second kappa shape index (κ2) is 7.45. The largest absolute Gasteiger partial charge is 0.366 e. The first-order valence-corrected chi connectivity index (χ1v) is 9.05. The molecule has 1 atom stereocenters. The van der Waals surface area contributed by atoms with Crippen LogP contribution in [0.5, 0.6) is 0 Å². The van der Waals surface area contributed by atoms with Crippen LogP contribution in [0.1, 0.15) is 35.6 Å². The summed E-state index contributed by atoms with van der Waals surface area (Å²) in [5.74, 6) is 1.83. The highest BCUT2D eigenvalue weighted by atomic mass is 15.2. The molecule has 0 amide bonds. The van der Waals surface area contributed by atoms with E-state index in [2.05, 4.69) is 69.6 Å². The Hall–Kier alpha value is -3.06. The summed E-state index contributed by atoms with van der Waals surface area (Å²) in [6.45, 7) is 3.87. The third-order valence-corrected chi connectivity index (χ3v) is 4.86. The zero-order valence-electron chi connectivity index (χ0n) is 14.9. The number of nitrogens with one attached hydrogen (secondary N) is 1. The van der Waals surface area contributed by atoms with Gasteiger partial charge in [-0.05, 0) is 49.1 Å². The number of anilines is 2. The predicted molar refractivity (Wildman–Crippen MR) is 104 cm³/mol. The molecular weight excluding hydrogens is 320 g/mol. The first-order chi connectivity index (χ1) is 12.8. The van der Waals surface area contributed by atoms with Crippen LogP contribution in [0, 0.1) is 19.1 Å². The minimum atomic E-state index is 0.348. The summed E-state index contributed by atoms with van der Waals surface area (Å²) in [5, 5.41) is 3.41. The monoisotopic (exact) mass is 342 g/mol. The molecule has 1 unspecified atom stereocenters. The number of aromatic nitrogens is 2. The second-order valence-electron chi connectivity index (χ2n) is 6.72. The van der Waals surface area contributed by atoms with Crippen molar-refractivity contribution >= 4 is 11.6 Å². The standard InChI is InChI=1S/C22H22N4/c1-17-9-11-18(12-10-17)15-23-21-14-22(25-16-24-21)26-13-5-8-20(26)19-6-3-2-4-7-19/h3,6-7,9-12,14,16,20H,5,8,13,15H2,1H3,(H,23,24,25). The quantitative estimate of drug-likeness (QED) is 0.749. The van der Waals surface area contributed by atoms with E-state index in [9.17, 15) is 0 Å². The van der Waals surface area contributed by atoms with Gasteiger partial charge in [0.1, 0.15) is 18.0 Å². The molecule has 1 fully saturated rings. The SMILES string of the molecule is Cc1ccc(CNc2cc(N3CCCC3c3cc#ccc3)ncn2)cc1. The van der Waals surface area contributed by atoms with Crippen molar-refractivity contribution in [3.8, 4) is 0 Å². The van der Waals surface area contributed by atoms with Crippen LogP contribution in [0.2, 0.25) is 0 Å². The van der Waals surface area contributed by atoms with Crippen molar-refractivity contribution in [2.45, 2.75) is 32.4 Å². The highest BCUT2D eigenvalue weighted by molar-refractivity contribution is 5.51. The van der Waals surface area contributed by atoms with Gasteiger partial charge in [0.25, 0.3) is 0 Å². The molecule has 2 aromatic carbocycles. The van der Waals surface area contributed by atoms with Gasteiger partial charge in [-0.3, -0.25) is 0 Å². The maximum Gasteiger partial charge on any atom is 0.134 e. The molecular formula is C22H22N4. The summed E-state index contributed by atoms with van der Waals surface area (Å²) in [6, 6.07) is 23.1. The smallest absolute Gasteiger partial charge is 0.134 e. The molecule has 4 heteroatoms. The Balaban J connectivity index is 1.49. The summed E-state index contributed by atoms with van der Waals surface area (Å²) in [4.78, 5) is 11.3. The molecule has 2 heterocycles. The van der Waals surface area contributed by atoms with Crippen LogP contribution < -0.4 is 10.2 Å². The van der Waals surface area contributed by atoms with Gasteiger partial charge in [-0.25, -0.2) is 9.97 Å². The molecule has 0 aliphatic carbocycles. The summed E-state index contributed by atoms with van der Waals surface area (Å²) in [6.07, 6.45) is 3.94. The Kier molecular flexibility index (Phi) is 4.70. The summed E-state index contributed by atoms with van der Waals surface area (Å²) < 4.78 is 0. The molecule has 1 aliphatic rings. The zero-order valence-corrected chi connectivity index (χ0v) is 14.9. The van der Waals surface area contributed by atoms with Crippen LogP contribution in [0.25, 0.3) is 0 Å². The summed E-state index contributed by atoms with van der Waals surface area (Å²) in [5.41, 5.74) is 3.79. The summed E-state index contributed by atoms with van der Waals surface area (Å²) in [7, 11) is 0. The van der Waals surface area contributed by atoms with Crippen molar-refractivity contribution in [3.05, 3.63) is 83.7 Å². The number of rotatable bonds is 5. The minimum absolute atomic E-state index is 0.348. The van der Waals surface area contributed by atoms with Crippen molar-refractivity contribution in [1.29, 1.82) is 0 Å². The maximum absolute atomic E-state index is 4.52. The molecule has 3 aromatic rings. The van der Waals surface area contributed by atoms with Gasteiger partial charge in [-0.15, -0.1) is 0 Å². The zero-order chi connectivity index (χ0) is 17.8. The van der Waals surface area contributed by atoms with E-state index < -0.39 is 0 Å². The van der Waals surface area contributed by atoms with Crippen LogP contribution in [0.15, 0.2) is 54.9 Å². The Morgan fingerprint density at radius 2 is 2.04 bits per heavy atom. The lowest BCUT2D eigenvalue weighted by molar-refractivity contribution is 0.711. The van der Waals surface area contributed by atoms with Gasteiger partial charge in [0.05, 0.1) is 6.04 Å². The Morgan fingerprint density at radius 3 is 2.85 bits per heavy atom. The van der Waals surface area contributed by atoms with Crippen LogP contribution in [0.4, 0.5) is 11.6 Å². The lowest BCUT2D eigenvalue weighted by Gasteiger charge is -2.26. The Labute approximate surface area is 154 Å². The van der Waals surface area contributed by atoms with Gasteiger partial charge in [0, 0.05) is 19.2 Å². The van der Waals surface area contributed by atoms with Crippen LogP contribution in [-0.2, 0) is 6.54 Å². The van der Waals surface area contributed by atoms with E-state index in [0.717, 1.165) is 31.1 Å². The third-order valence-electron chi connectivity index (χ3n) is 4.86. The molecule has 130 valence electrons. The molecule has 0 radical (unpaired) electrons. The fourth-order valence-electron chi connectivity index (χ4n) is 3.45. The van der Waals surface area contributed by atoms with Gasteiger partial charge >= 0.3 is 0 Å². The van der Waals surface area contributed by atoms with Crippen LogP contribution >= 0.6 is 0 Å². The van der Waals surface area contributed by atoms with E-state index in [-0.39, 0.29) is 0 Å². The number of aryl methyl sites for hydroxylation is 1. The lowest BCUT2D eigenvalue weighted by Crippen LogP contribution is -2.23. The average molecular weight is 342 g/mol. The molecule has 0 spiro atoms. The highest BCUT2D eigenvalue weighted by Crippen LogP contribution is 2.35. The van der Waals surface area contributed by atoms with E-state index in [1.165, 1.54) is 23.1 Å². The molecule has 4 nitrogen and oxygen atoms in total. The van der Waals surface area contributed by atoms with Crippen LogP contribution in [0.3, 0.4) is 0 Å². The molecule has 0 saturated carbocycles. The second-order valence-corrected chi connectivity index (χ2v) is 6.72.